The molecular formula is C26H52O2. The summed E-state index contributed by atoms with van der Waals surface area (Å²) in [5.41, 5.74) is -0.208. The predicted octanol–water partition coefficient (Wildman–Crippen LogP) is 9.01. The summed E-state index contributed by atoms with van der Waals surface area (Å²) in [4.78, 5) is 13.3. The maximum atomic E-state index is 13.3. The van der Waals surface area contributed by atoms with Gasteiger partial charge < -0.3 is 4.74 Å². The van der Waals surface area contributed by atoms with Crippen LogP contribution in [0.2, 0.25) is 0 Å². The number of ether oxygens (including phenoxy) is 1. The van der Waals surface area contributed by atoms with E-state index < -0.39 is 0 Å². The first-order chi connectivity index (χ1) is 13.7. The van der Waals surface area contributed by atoms with Gasteiger partial charge in [-0.2, -0.15) is 0 Å². The molecular weight excluding hydrogens is 344 g/mol. The van der Waals surface area contributed by atoms with E-state index >= 15 is 0 Å². The lowest BCUT2D eigenvalue weighted by Gasteiger charge is -2.32. The molecule has 28 heavy (non-hydrogen) atoms. The topological polar surface area (TPSA) is 26.3 Å². The van der Waals surface area contributed by atoms with Crippen LogP contribution in [0.15, 0.2) is 0 Å². The monoisotopic (exact) mass is 396 g/mol. The van der Waals surface area contributed by atoms with Crippen molar-refractivity contribution in [3.05, 3.63) is 0 Å². The zero-order valence-corrected chi connectivity index (χ0v) is 20.0. The molecule has 0 aromatic carbocycles. The van der Waals surface area contributed by atoms with Gasteiger partial charge in [-0.25, -0.2) is 0 Å². The van der Waals surface area contributed by atoms with Crippen LogP contribution in [0.3, 0.4) is 0 Å². The Bertz CT molecular complexity index is 306. The van der Waals surface area contributed by atoms with E-state index in [4.69, 9.17) is 4.74 Å². The van der Waals surface area contributed by atoms with E-state index in [-0.39, 0.29) is 11.4 Å². The fraction of sp³-hybridized carbons (Fsp3) is 0.962. The SMILES string of the molecule is CCCCCCOC(=O)C(CCCCCC)(CCCCCC)CCCCCC. The fourth-order valence-electron chi connectivity index (χ4n) is 4.20. The average molecular weight is 397 g/mol. The van der Waals surface area contributed by atoms with Crippen molar-refractivity contribution in [1.29, 1.82) is 0 Å². The molecule has 0 aromatic heterocycles. The Hall–Kier alpha value is -0.530. The minimum atomic E-state index is -0.208. The van der Waals surface area contributed by atoms with Gasteiger partial charge in [-0.15, -0.1) is 0 Å². The second-order valence-corrected chi connectivity index (χ2v) is 8.91. The maximum absolute atomic E-state index is 13.3. The van der Waals surface area contributed by atoms with Gasteiger partial charge in [0, 0.05) is 0 Å². The highest BCUT2D eigenvalue weighted by molar-refractivity contribution is 5.76. The van der Waals surface area contributed by atoms with Gasteiger partial charge in [0.15, 0.2) is 0 Å². The van der Waals surface area contributed by atoms with Gasteiger partial charge in [-0.1, -0.05) is 124 Å². The van der Waals surface area contributed by atoms with Gasteiger partial charge in [0.1, 0.15) is 0 Å². The summed E-state index contributed by atoms with van der Waals surface area (Å²) in [6, 6.07) is 0. The number of carbonyl (C=O) groups is 1. The van der Waals surface area contributed by atoms with Crippen LogP contribution in [0.5, 0.6) is 0 Å². The third-order valence-electron chi connectivity index (χ3n) is 6.19. The second kappa shape index (κ2) is 19.8. The second-order valence-electron chi connectivity index (χ2n) is 8.91. The summed E-state index contributed by atoms with van der Waals surface area (Å²) in [6.45, 7) is 9.62. The Morgan fingerprint density at radius 3 is 1.25 bits per heavy atom. The van der Waals surface area contributed by atoms with Crippen molar-refractivity contribution in [2.45, 2.75) is 150 Å². The molecule has 0 atom stereocenters. The van der Waals surface area contributed by atoms with E-state index in [1.165, 1.54) is 96.3 Å². The largest absolute Gasteiger partial charge is 0.465 e. The lowest BCUT2D eigenvalue weighted by atomic mass is 9.74. The standard InChI is InChI=1S/C26H52O2/c1-5-9-13-17-21-26(22-18-14-10-6-2,23-19-15-11-7-3)25(27)28-24-20-16-12-8-4/h5-24H2,1-4H3. The summed E-state index contributed by atoms with van der Waals surface area (Å²) in [6.07, 6.45) is 22.7. The van der Waals surface area contributed by atoms with Crippen LogP contribution in [-0.2, 0) is 9.53 Å². The molecule has 0 aliphatic carbocycles. The molecule has 0 fully saturated rings. The van der Waals surface area contributed by atoms with Crippen molar-refractivity contribution >= 4 is 5.97 Å². The molecule has 0 heterocycles. The molecule has 0 spiro atoms. The number of esters is 1. The van der Waals surface area contributed by atoms with E-state index in [0.29, 0.717) is 6.61 Å². The first kappa shape index (κ1) is 27.5. The molecule has 0 aliphatic rings. The highest BCUT2D eigenvalue weighted by Gasteiger charge is 2.38. The van der Waals surface area contributed by atoms with Crippen LogP contribution < -0.4 is 0 Å². The van der Waals surface area contributed by atoms with Crippen molar-refractivity contribution in [2.24, 2.45) is 5.41 Å². The minimum Gasteiger partial charge on any atom is -0.465 e. The van der Waals surface area contributed by atoms with Crippen LogP contribution in [0, 0.1) is 5.41 Å². The van der Waals surface area contributed by atoms with Crippen LogP contribution in [0.1, 0.15) is 150 Å². The summed E-state index contributed by atoms with van der Waals surface area (Å²) >= 11 is 0. The molecule has 2 nitrogen and oxygen atoms in total. The lowest BCUT2D eigenvalue weighted by molar-refractivity contribution is -0.158. The Morgan fingerprint density at radius 2 is 0.893 bits per heavy atom. The van der Waals surface area contributed by atoms with Crippen molar-refractivity contribution in [2.75, 3.05) is 6.61 Å². The number of hydrogen-bond donors (Lipinski definition) is 0. The molecule has 0 aliphatic heterocycles. The zero-order valence-electron chi connectivity index (χ0n) is 20.0. The van der Waals surface area contributed by atoms with Crippen LogP contribution in [-0.4, -0.2) is 12.6 Å². The van der Waals surface area contributed by atoms with Crippen molar-refractivity contribution in [3.63, 3.8) is 0 Å². The Kier molecular flexibility index (Phi) is 19.4. The molecule has 0 N–H and O–H groups in total. The van der Waals surface area contributed by atoms with Crippen LogP contribution in [0.4, 0.5) is 0 Å². The fourth-order valence-corrected chi connectivity index (χ4v) is 4.20. The molecule has 0 bridgehead atoms. The van der Waals surface area contributed by atoms with Crippen molar-refractivity contribution in [3.8, 4) is 0 Å². The quantitative estimate of drug-likeness (QED) is 0.143. The van der Waals surface area contributed by atoms with E-state index in [9.17, 15) is 4.79 Å². The first-order valence-electron chi connectivity index (χ1n) is 12.8. The molecule has 0 aromatic rings. The van der Waals surface area contributed by atoms with E-state index in [1.54, 1.807) is 0 Å². The van der Waals surface area contributed by atoms with E-state index in [0.717, 1.165) is 25.7 Å². The zero-order chi connectivity index (χ0) is 20.9. The normalized spacial score (nSPS) is 11.7. The highest BCUT2D eigenvalue weighted by atomic mass is 16.5. The maximum Gasteiger partial charge on any atom is 0.312 e. The van der Waals surface area contributed by atoms with Gasteiger partial charge in [-0.05, 0) is 25.7 Å². The molecule has 0 rings (SSSR count). The summed E-state index contributed by atoms with van der Waals surface area (Å²) in [5, 5.41) is 0. The van der Waals surface area contributed by atoms with Crippen molar-refractivity contribution < 1.29 is 9.53 Å². The minimum absolute atomic E-state index is 0.133. The predicted molar refractivity (Wildman–Crippen MR) is 124 cm³/mol. The number of hydrogen-bond acceptors (Lipinski definition) is 2. The number of carbonyl (C=O) groups excluding carboxylic acids is 1. The number of rotatable bonds is 21. The Balaban J connectivity index is 4.91. The van der Waals surface area contributed by atoms with Crippen molar-refractivity contribution in [1.82, 2.24) is 0 Å². The smallest absolute Gasteiger partial charge is 0.312 e. The molecule has 2 heteroatoms. The van der Waals surface area contributed by atoms with Gasteiger partial charge >= 0.3 is 5.97 Å². The van der Waals surface area contributed by atoms with Crippen LogP contribution >= 0.6 is 0 Å². The molecule has 0 amide bonds. The third-order valence-corrected chi connectivity index (χ3v) is 6.19. The molecule has 0 saturated heterocycles. The van der Waals surface area contributed by atoms with Gasteiger partial charge in [-0.3, -0.25) is 4.79 Å². The Labute approximate surface area is 177 Å². The molecule has 168 valence electrons. The van der Waals surface area contributed by atoms with E-state index in [1.807, 2.05) is 0 Å². The highest BCUT2D eigenvalue weighted by Crippen LogP contribution is 2.39. The van der Waals surface area contributed by atoms with E-state index in [2.05, 4.69) is 27.7 Å². The summed E-state index contributed by atoms with van der Waals surface area (Å²) in [7, 11) is 0. The molecule has 0 radical (unpaired) electrons. The third kappa shape index (κ3) is 13.6. The molecule has 0 saturated carbocycles. The van der Waals surface area contributed by atoms with Crippen LogP contribution in [0.25, 0.3) is 0 Å². The van der Waals surface area contributed by atoms with Gasteiger partial charge in [0.05, 0.1) is 12.0 Å². The first-order valence-corrected chi connectivity index (χ1v) is 12.8. The lowest BCUT2D eigenvalue weighted by Crippen LogP contribution is -2.34. The molecule has 0 unspecified atom stereocenters. The summed E-state index contributed by atoms with van der Waals surface area (Å²) < 4.78 is 5.89. The van der Waals surface area contributed by atoms with Gasteiger partial charge in [0.25, 0.3) is 0 Å². The summed E-state index contributed by atoms with van der Waals surface area (Å²) in [5.74, 6) is 0.133. The average Bonchev–Trinajstić information content (AvgIpc) is 2.70. The number of unbranched alkanes of at least 4 members (excludes halogenated alkanes) is 12. The van der Waals surface area contributed by atoms with Gasteiger partial charge in [0.2, 0.25) is 0 Å². The Morgan fingerprint density at radius 1 is 0.536 bits per heavy atom.